The number of fused-ring (bicyclic) bond motifs is 1. The highest BCUT2D eigenvalue weighted by molar-refractivity contribution is 6.32. The van der Waals surface area contributed by atoms with Gasteiger partial charge in [0.15, 0.2) is 6.61 Å². The number of hydrogen-bond acceptors (Lipinski definition) is 5. The maximum absolute atomic E-state index is 13.1. The van der Waals surface area contributed by atoms with Gasteiger partial charge in [-0.2, -0.15) is 13.2 Å². The van der Waals surface area contributed by atoms with Crippen molar-refractivity contribution in [3.8, 4) is 17.2 Å². The molecule has 1 amide bonds. The lowest BCUT2D eigenvalue weighted by molar-refractivity contribution is -0.137. The van der Waals surface area contributed by atoms with Crippen molar-refractivity contribution in [2.24, 2.45) is 0 Å². The molecule has 0 spiro atoms. The minimum absolute atomic E-state index is 0.0722. The molecule has 1 heterocycles. The molecule has 0 aliphatic rings. The Balaban J connectivity index is 1.46. The van der Waals surface area contributed by atoms with Gasteiger partial charge in [0.25, 0.3) is 5.91 Å². The van der Waals surface area contributed by atoms with E-state index < -0.39 is 29.7 Å². The number of para-hydroxylation sites is 2. The number of ether oxygens (including phenoxy) is 2. The number of nitrogens with one attached hydrogen (secondary N) is 1. The van der Waals surface area contributed by atoms with Crippen LogP contribution in [0.15, 0.2) is 82.2 Å². The van der Waals surface area contributed by atoms with Crippen LogP contribution in [0.2, 0.25) is 5.02 Å². The number of alkyl halides is 3. The van der Waals surface area contributed by atoms with E-state index >= 15 is 0 Å². The maximum Gasteiger partial charge on any atom is 0.418 e. The third kappa shape index (κ3) is 5.15. The van der Waals surface area contributed by atoms with Crippen molar-refractivity contribution in [2.75, 3.05) is 11.9 Å². The largest absolute Gasteiger partial charge is 0.484 e. The van der Waals surface area contributed by atoms with Crippen molar-refractivity contribution in [1.29, 1.82) is 0 Å². The quantitative estimate of drug-likeness (QED) is 0.345. The standard InChI is InChI=1S/C24H15ClF3NO5/c25-17-6-2-4-8-19(17)34-21-12-33-20-11-14(9-10-15(20)23(21)31)32-13-22(30)29-18-7-3-1-5-16(18)24(26,27)28/h1-12H,13H2,(H,29,30). The summed E-state index contributed by atoms with van der Waals surface area (Å²) in [4.78, 5) is 24.8. The van der Waals surface area contributed by atoms with Crippen LogP contribution >= 0.6 is 11.6 Å². The molecule has 0 radical (unpaired) electrons. The van der Waals surface area contributed by atoms with Crippen LogP contribution in [0.5, 0.6) is 17.2 Å². The predicted molar refractivity (Wildman–Crippen MR) is 120 cm³/mol. The Labute approximate surface area is 195 Å². The molecule has 10 heteroatoms. The Morgan fingerprint density at radius 2 is 1.74 bits per heavy atom. The maximum atomic E-state index is 13.1. The molecule has 0 saturated carbocycles. The van der Waals surface area contributed by atoms with Crippen molar-refractivity contribution in [3.63, 3.8) is 0 Å². The monoisotopic (exact) mass is 489 g/mol. The molecule has 0 atom stereocenters. The Morgan fingerprint density at radius 3 is 2.50 bits per heavy atom. The van der Waals surface area contributed by atoms with Crippen LogP contribution in [0.3, 0.4) is 0 Å². The minimum Gasteiger partial charge on any atom is -0.484 e. The van der Waals surface area contributed by atoms with Gasteiger partial charge < -0.3 is 19.2 Å². The Bertz CT molecular complexity index is 1420. The lowest BCUT2D eigenvalue weighted by atomic mass is 10.1. The van der Waals surface area contributed by atoms with Crippen LogP contribution in [0.25, 0.3) is 11.0 Å². The van der Waals surface area contributed by atoms with E-state index in [4.69, 9.17) is 25.5 Å². The summed E-state index contributed by atoms with van der Waals surface area (Å²) in [6.45, 7) is -0.560. The van der Waals surface area contributed by atoms with Crippen LogP contribution in [0.1, 0.15) is 5.56 Å². The van der Waals surface area contributed by atoms with Gasteiger partial charge in [-0.3, -0.25) is 9.59 Å². The number of rotatable bonds is 6. The number of halogens is 4. The molecule has 1 aromatic heterocycles. The smallest absolute Gasteiger partial charge is 0.418 e. The van der Waals surface area contributed by atoms with Gasteiger partial charge in [-0.05, 0) is 36.4 Å². The summed E-state index contributed by atoms with van der Waals surface area (Å²) in [6, 6.07) is 15.5. The molecule has 4 rings (SSSR count). The first-order chi connectivity index (χ1) is 16.2. The molecule has 6 nitrogen and oxygen atoms in total. The predicted octanol–water partition coefficient (Wildman–Crippen LogP) is 6.28. The molecular weight excluding hydrogens is 475 g/mol. The second kappa shape index (κ2) is 9.48. The van der Waals surface area contributed by atoms with Crippen molar-refractivity contribution in [3.05, 3.63) is 93.8 Å². The molecular formula is C24H15ClF3NO5. The minimum atomic E-state index is -4.62. The normalized spacial score (nSPS) is 11.3. The molecule has 1 N–H and O–H groups in total. The van der Waals surface area contributed by atoms with Crippen LogP contribution in [-0.4, -0.2) is 12.5 Å². The molecule has 0 aliphatic heterocycles. The summed E-state index contributed by atoms with van der Waals surface area (Å²) in [5.41, 5.74) is -1.63. The fourth-order valence-electron chi connectivity index (χ4n) is 3.07. The molecule has 0 saturated heterocycles. The summed E-state index contributed by atoms with van der Waals surface area (Å²) in [6.07, 6.45) is -3.49. The molecule has 0 bridgehead atoms. The van der Waals surface area contributed by atoms with Gasteiger partial charge in [-0.1, -0.05) is 35.9 Å². The van der Waals surface area contributed by atoms with Gasteiger partial charge in [-0.25, -0.2) is 0 Å². The van der Waals surface area contributed by atoms with Crippen molar-refractivity contribution < 1.29 is 31.9 Å². The highest BCUT2D eigenvalue weighted by Gasteiger charge is 2.33. The third-order valence-corrected chi connectivity index (χ3v) is 4.96. The van der Waals surface area contributed by atoms with E-state index in [1.54, 1.807) is 24.3 Å². The van der Waals surface area contributed by atoms with Gasteiger partial charge in [0.05, 0.1) is 21.7 Å². The fourth-order valence-corrected chi connectivity index (χ4v) is 3.25. The number of carbonyl (C=O) groups excluding carboxylic acids is 1. The first kappa shape index (κ1) is 23.2. The number of benzene rings is 3. The second-order valence-corrected chi connectivity index (χ2v) is 7.41. The highest BCUT2D eigenvalue weighted by atomic mass is 35.5. The zero-order chi connectivity index (χ0) is 24.3. The van der Waals surface area contributed by atoms with Crippen molar-refractivity contribution in [1.82, 2.24) is 0 Å². The van der Waals surface area contributed by atoms with Gasteiger partial charge in [0.2, 0.25) is 11.2 Å². The fraction of sp³-hybridized carbons (Fsp3) is 0.0833. The molecule has 174 valence electrons. The Morgan fingerprint density at radius 1 is 1.00 bits per heavy atom. The summed E-state index contributed by atoms with van der Waals surface area (Å²) >= 11 is 6.05. The van der Waals surface area contributed by atoms with E-state index in [0.717, 1.165) is 18.4 Å². The summed E-state index contributed by atoms with van der Waals surface area (Å²) in [7, 11) is 0. The molecule has 0 fully saturated rings. The Kier molecular flexibility index (Phi) is 6.47. The number of hydrogen-bond donors (Lipinski definition) is 1. The van der Waals surface area contributed by atoms with E-state index in [1.807, 2.05) is 0 Å². The van der Waals surface area contributed by atoms with E-state index in [-0.39, 0.29) is 33.9 Å². The second-order valence-electron chi connectivity index (χ2n) is 7.00. The average Bonchev–Trinajstić information content (AvgIpc) is 2.80. The summed E-state index contributed by atoms with van der Waals surface area (Å²) in [5, 5.41) is 2.70. The van der Waals surface area contributed by atoms with Crippen LogP contribution in [0, 0.1) is 0 Å². The highest BCUT2D eigenvalue weighted by Crippen LogP contribution is 2.34. The van der Waals surface area contributed by atoms with Gasteiger partial charge in [0.1, 0.15) is 23.3 Å². The number of anilines is 1. The molecule has 34 heavy (non-hydrogen) atoms. The Hall–Kier alpha value is -3.98. The van der Waals surface area contributed by atoms with E-state index in [9.17, 15) is 22.8 Å². The SMILES string of the molecule is O=C(COc1ccc2c(=O)c(Oc3ccccc3Cl)coc2c1)Nc1ccccc1C(F)(F)F. The zero-order valence-corrected chi connectivity index (χ0v) is 17.9. The lowest BCUT2D eigenvalue weighted by Crippen LogP contribution is -2.22. The van der Waals surface area contributed by atoms with E-state index in [0.29, 0.717) is 5.02 Å². The van der Waals surface area contributed by atoms with Crippen LogP contribution in [-0.2, 0) is 11.0 Å². The van der Waals surface area contributed by atoms with E-state index in [2.05, 4.69) is 5.32 Å². The van der Waals surface area contributed by atoms with Gasteiger partial charge in [-0.15, -0.1) is 0 Å². The third-order valence-electron chi connectivity index (χ3n) is 4.65. The first-order valence-electron chi connectivity index (χ1n) is 9.79. The molecule has 3 aromatic carbocycles. The van der Waals surface area contributed by atoms with Crippen molar-refractivity contribution in [2.45, 2.75) is 6.18 Å². The topological polar surface area (TPSA) is 77.8 Å². The van der Waals surface area contributed by atoms with E-state index in [1.165, 1.54) is 30.3 Å². The van der Waals surface area contributed by atoms with Gasteiger partial charge >= 0.3 is 6.18 Å². The number of carbonyl (C=O) groups is 1. The molecule has 0 aliphatic carbocycles. The summed E-state index contributed by atoms with van der Waals surface area (Å²) < 4.78 is 55.6. The summed E-state index contributed by atoms with van der Waals surface area (Å²) in [5.74, 6) is -0.401. The zero-order valence-electron chi connectivity index (χ0n) is 17.2. The van der Waals surface area contributed by atoms with Gasteiger partial charge in [0, 0.05) is 6.07 Å². The first-order valence-corrected chi connectivity index (χ1v) is 10.2. The van der Waals surface area contributed by atoms with Crippen LogP contribution < -0.4 is 20.2 Å². The van der Waals surface area contributed by atoms with Crippen molar-refractivity contribution >= 4 is 34.2 Å². The molecule has 4 aromatic rings. The lowest BCUT2D eigenvalue weighted by Gasteiger charge is -2.14. The number of amides is 1. The van der Waals surface area contributed by atoms with Crippen LogP contribution in [0.4, 0.5) is 18.9 Å². The average molecular weight is 490 g/mol. The molecule has 0 unspecified atom stereocenters.